The smallest absolute Gasteiger partial charge is 0.270 e. The number of rotatable bonds is 7. The summed E-state index contributed by atoms with van der Waals surface area (Å²) in [6.45, 7) is 0.790. The number of benzene rings is 2. The summed E-state index contributed by atoms with van der Waals surface area (Å²) in [5, 5.41) is 10.8. The highest BCUT2D eigenvalue weighted by molar-refractivity contribution is 9.10. The van der Waals surface area contributed by atoms with Crippen molar-refractivity contribution >= 4 is 33.4 Å². The van der Waals surface area contributed by atoms with Crippen LogP contribution >= 0.6 is 15.9 Å². The third kappa shape index (κ3) is 5.76. The Kier molecular flexibility index (Phi) is 7.26. The summed E-state index contributed by atoms with van der Waals surface area (Å²) >= 11 is 3.31. The number of nitro groups is 1. The van der Waals surface area contributed by atoms with Crippen LogP contribution in [0.15, 0.2) is 46.9 Å². The van der Waals surface area contributed by atoms with Crippen LogP contribution in [0.25, 0.3) is 0 Å². The Bertz CT molecular complexity index is 858. The third-order valence-electron chi connectivity index (χ3n) is 3.35. The molecule has 2 N–H and O–H groups in total. The number of halogens is 1. The molecule has 0 aliphatic heterocycles. The Balaban J connectivity index is 1.97. The van der Waals surface area contributed by atoms with Gasteiger partial charge in [0, 0.05) is 30.4 Å². The minimum Gasteiger partial charge on any atom is -0.490 e. The third-order valence-corrected chi connectivity index (χ3v) is 3.97. The number of hydrazine groups is 1. The van der Waals surface area contributed by atoms with Gasteiger partial charge in [0.2, 0.25) is 0 Å². The lowest BCUT2D eigenvalue weighted by Gasteiger charge is -2.10. The predicted molar refractivity (Wildman–Crippen MR) is 99.5 cm³/mol. The lowest BCUT2D eigenvalue weighted by molar-refractivity contribution is -0.384. The second-order valence-electron chi connectivity index (χ2n) is 5.20. The molecule has 0 saturated carbocycles. The molecule has 0 saturated heterocycles. The van der Waals surface area contributed by atoms with Crippen molar-refractivity contribution in [1.82, 2.24) is 10.9 Å². The maximum absolute atomic E-state index is 12.2. The number of hydrogen-bond acceptors (Lipinski definition) is 6. The van der Waals surface area contributed by atoms with E-state index in [9.17, 15) is 19.7 Å². The predicted octanol–water partition coefficient (Wildman–Crippen LogP) is 2.46. The number of hydrogen-bond donors (Lipinski definition) is 2. The van der Waals surface area contributed by atoms with Gasteiger partial charge in [-0.1, -0.05) is 6.07 Å². The Morgan fingerprint density at radius 3 is 2.33 bits per heavy atom. The second-order valence-corrected chi connectivity index (χ2v) is 6.06. The fourth-order valence-corrected chi connectivity index (χ4v) is 2.51. The molecule has 142 valence electrons. The van der Waals surface area contributed by atoms with Gasteiger partial charge < -0.3 is 9.47 Å². The molecule has 0 atom stereocenters. The van der Waals surface area contributed by atoms with Gasteiger partial charge in [0.25, 0.3) is 17.5 Å². The highest BCUT2D eigenvalue weighted by Crippen LogP contribution is 2.26. The molecule has 2 rings (SSSR count). The van der Waals surface area contributed by atoms with Crippen LogP contribution in [0, 0.1) is 10.1 Å². The summed E-state index contributed by atoms with van der Waals surface area (Å²) in [5.74, 6) is -0.687. The summed E-state index contributed by atoms with van der Waals surface area (Å²) in [6, 6.07) is 9.84. The lowest BCUT2D eigenvalue weighted by atomic mass is 10.2. The molecule has 0 spiro atoms. The highest BCUT2D eigenvalue weighted by atomic mass is 79.9. The van der Waals surface area contributed by atoms with Gasteiger partial charge in [-0.3, -0.25) is 30.6 Å². The van der Waals surface area contributed by atoms with Gasteiger partial charge in [-0.05, 0) is 40.2 Å². The van der Waals surface area contributed by atoms with Crippen molar-refractivity contribution in [3.63, 3.8) is 0 Å². The van der Waals surface area contributed by atoms with E-state index in [1.165, 1.54) is 30.3 Å². The first-order chi connectivity index (χ1) is 12.9. The molecule has 27 heavy (non-hydrogen) atoms. The van der Waals surface area contributed by atoms with Gasteiger partial charge in [0.15, 0.2) is 0 Å². The van der Waals surface area contributed by atoms with Gasteiger partial charge in [-0.25, -0.2) is 0 Å². The zero-order valence-corrected chi connectivity index (χ0v) is 15.8. The number of amides is 2. The normalized spacial score (nSPS) is 10.1. The number of carbonyl (C=O) groups is 2. The van der Waals surface area contributed by atoms with Gasteiger partial charge in [-0.15, -0.1) is 0 Å². The van der Waals surface area contributed by atoms with E-state index in [0.29, 0.717) is 23.4 Å². The SMILES string of the molecule is COCCOc1ccc(C(=O)NNC(=O)c2cccc([N+](=O)[O-])c2)cc1Br. The molecular weight excluding hydrogens is 422 g/mol. The van der Waals surface area contributed by atoms with Crippen LogP contribution in [0.1, 0.15) is 20.7 Å². The van der Waals surface area contributed by atoms with E-state index in [1.54, 1.807) is 13.2 Å². The minimum absolute atomic E-state index is 0.0487. The quantitative estimate of drug-likeness (QED) is 0.389. The fourth-order valence-electron chi connectivity index (χ4n) is 2.01. The number of methoxy groups -OCH3 is 1. The second kappa shape index (κ2) is 9.64. The molecule has 0 aliphatic rings. The van der Waals surface area contributed by atoms with Gasteiger partial charge in [0.05, 0.1) is 16.0 Å². The molecule has 9 nitrogen and oxygen atoms in total. The monoisotopic (exact) mass is 437 g/mol. The van der Waals surface area contributed by atoms with E-state index in [0.717, 1.165) is 6.07 Å². The first-order valence-electron chi connectivity index (χ1n) is 7.69. The van der Waals surface area contributed by atoms with Crippen LogP contribution in [0.5, 0.6) is 5.75 Å². The molecule has 10 heteroatoms. The van der Waals surface area contributed by atoms with E-state index in [4.69, 9.17) is 9.47 Å². The van der Waals surface area contributed by atoms with E-state index in [2.05, 4.69) is 26.8 Å². The van der Waals surface area contributed by atoms with Crippen molar-refractivity contribution in [1.29, 1.82) is 0 Å². The Hall–Kier alpha value is -2.98. The van der Waals surface area contributed by atoms with Gasteiger partial charge in [-0.2, -0.15) is 0 Å². The zero-order chi connectivity index (χ0) is 19.8. The van der Waals surface area contributed by atoms with Crippen LogP contribution < -0.4 is 15.6 Å². The minimum atomic E-state index is -0.675. The van der Waals surface area contributed by atoms with Crippen molar-refractivity contribution < 1.29 is 24.0 Å². The molecule has 0 bridgehead atoms. The van der Waals surface area contributed by atoms with E-state index < -0.39 is 16.7 Å². The standard InChI is InChI=1S/C17H16BrN3O6/c1-26-7-8-27-15-6-5-12(10-14(15)18)17(23)20-19-16(22)11-3-2-4-13(9-11)21(24)25/h2-6,9-10H,7-8H2,1H3,(H,19,22)(H,20,23). The molecule has 2 aromatic carbocycles. The van der Waals surface area contributed by atoms with E-state index in [-0.39, 0.29) is 16.8 Å². The molecule has 0 aromatic heterocycles. The van der Waals surface area contributed by atoms with Crippen molar-refractivity contribution in [2.24, 2.45) is 0 Å². The number of ether oxygens (including phenoxy) is 2. The summed E-state index contributed by atoms with van der Waals surface area (Å²) in [6.07, 6.45) is 0. The molecule has 0 fully saturated rings. The Labute approximate surface area is 162 Å². The highest BCUT2D eigenvalue weighted by Gasteiger charge is 2.14. The van der Waals surface area contributed by atoms with E-state index in [1.807, 2.05) is 0 Å². The molecule has 2 aromatic rings. The zero-order valence-electron chi connectivity index (χ0n) is 14.2. The topological polar surface area (TPSA) is 120 Å². The maximum atomic E-state index is 12.2. The largest absolute Gasteiger partial charge is 0.490 e. The number of carbonyl (C=O) groups excluding carboxylic acids is 2. The maximum Gasteiger partial charge on any atom is 0.270 e. The van der Waals surface area contributed by atoms with Crippen LogP contribution in [-0.4, -0.2) is 37.1 Å². The van der Waals surface area contributed by atoms with E-state index >= 15 is 0 Å². The summed E-state index contributed by atoms with van der Waals surface area (Å²) in [4.78, 5) is 34.3. The number of nitro benzene ring substituents is 1. The number of non-ortho nitro benzene ring substituents is 1. The summed E-state index contributed by atoms with van der Waals surface area (Å²) in [7, 11) is 1.56. The summed E-state index contributed by atoms with van der Waals surface area (Å²) in [5.41, 5.74) is 4.58. The Morgan fingerprint density at radius 1 is 1.07 bits per heavy atom. The number of nitrogens with zero attached hydrogens (tertiary/aromatic N) is 1. The Morgan fingerprint density at radius 2 is 1.74 bits per heavy atom. The van der Waals surface area contributed by atoms with Gasteiger partial charge in [0.1, 0.15) is 12.4 Å². The van der Waals surface area contributed by atoms with Crippen LogP contribution in [0.3, 0.4) is 0 Å². The molecule has 2 amide bonds. The number of nitrogens with one attached hydrogen (secondary N) is 2. The van der Waals surface area contributed by atoms with Crippen molar-refractivity contribution in [2.45, 2.75) is 0 Å². The van der Waals surface area contributed by atoms with Crippen LogP contribution in [0.2, 0.25) is 0 Å². The molecule has 0 radical (unpaired) electrons. The first-order valence-corrected chi connectivity index (χ1v) is 8.48. The molecule has 0 heterocycles. The lowest BCUT2D eigenvalue weighted by Crippen LogP contribution is -2.41. The first kappa shape index (κ1) is 20.3. The van der Waals surface area contributed by atoms with Crippen molar-refractivity contribution in [3.8, 4) is 5.75 Å². The van der Waals surface area contributed by atoms with Crippen LogP contribution in [-0.2, 0) is 4.74 Å². The molecule has 0 aliphatic carbocycles. The average Bonchev–Trinajstić information content (AvgIpc) is 2.67. The average molecular weight is 438 g/mol. The van der Waals surface area contributed by atoms with Gasteiger partial charge >= 0.3 is 0 Å². The van der Waals surface area contributed by atoms with Crippen molar-refractivity contribution in [2.75, 3.05) is 20.3 Å². The molecular formula is C17H16BrN3O6. The summed E-state index contributed by atoms with van der Waals surface area (Å²) < 4.78 is 10.9. The van der Waals surface area contributed by atoms with Crippen molar-refractivity contribution in [3.05, 3.63) is 68.2 Å². The van der Waals surface area contributed by atoms with Crippen LogP contribution in [0.4, 0.5) is 5.69 Å². The molecule has 0 unspecified atom stereocenters. The fraction of sp³-hybridized carbons (Fsp3) is 0.176.